The van der Waals surface area contributed by atoms with Gasteiger partial charge in [0.2, 0.25) is 12.3 Å². The van der Waals surface area contributed by atoms with Crippen molar-refractivity contribution in [3.8, 4) is 0 Å². The molecule has 146 valence electrons. The number of nitrogens with one attached hydrogen (secondary N) is 1. The lowest BCUT2D eigenvalue weighted by molar-refractivity contribution is -0.149. The van der Waals surface area contributed by atoms with E-state index >= 15 is 0 Å². The molecule has 2 amide bonds. The van der Waals surface area contributed by atoms with Crippen molar-refractivity contribution in [1.82, 2.24) is 10.2 Å². The lowest BCUT2D eigenvalue weighted by Gasteiger charge is -2.30. The van der Waals surface area contributed by atoms with Gasteiger partial charge in [-0.05, 0) is 24.0 Å². The predicted octanol–water partition coefficient (Wildman–Crippen LogP) is 2.77. The first-order chi connectivity index (χ1) is 13.6. The largest absolute Gasteiger partial charge is 0.455 e. The molecule has 0 spiro atoms. The number of hydrogen-bond donors (Lipinski definition) is 1. The van der Waals surface area contributed by atoms with Crippen molar-refractivity contribution in [1.29, 1.82) is 0 Å². The van der Waals surface area contributed by atoms with Crippen molar-refractivity contribution in [2.45, 2.75) is 38.0 Å². The monoisotopic (exact) mass is 380 g/mol. The van der Waals surface area contributed by atoms with E-state index < -0.39 is 24.2 Å². The maximum Gasteiger partial charge on any atom is 0.303 e. The average molecular weight is 380 g/mol. The Kier molecular flexibility index (Phi) is 6.42. The third-order valence-corrected chi connectivity index (χ3v) is 4.91. The SMILES string of the molecule is CC(=O)O[C@H](c1ccccc1)[C@@H](NC(=O)[C@@H]1CCCN1C=O)c1ccccc1. The molecule has 2 aromatic carbocycles. The van der Waals surface area contributed by atoms with Crippen LogP contribution >= 0.6 is 0 Å². The Balaban J connectivity index is 1.94. The minimum absolute atomic E-state index is 0.244. The van der Waals surface area contributed by atoms with Gasteiger partial charge in [0.25, 0.3) is 0 Å². The summed E-state index contributed by atoms with van der Waals surface area (Å²) < 4.78 is 5.63. The molecule has 28 heavy (non-hydrogen) atoms. The standard InChI is InChI=1S/C22H24N2O4/c1-16(26)28-21(18-11-6-3-7-12-18)20(17-9-4-2-5-10-17)23-22(27)19-13-8-14-24(19)15-25/h2-7,9-12,15,19-21H,8,13-14H2,1H3,(H,23,27)/t19-,20-,21+/m0/s1. The molecule has 3 rings (SSSR count). The number of ether oxygens (including phenoxy) is 1. The molecule has 6 heteroatoms. The second-order valence-electron chi connectivity index (χ2n) is 6.84. The molecule has 6 nitrogen and oxygen atoms in total. The molecule has 1 N–H and O–H groups in total. The fraction of sp³-hybridized carbons (Fsp3) is 0.318. The summed E-state index contributed by atoms with van der Waals surface area (Å²) in [4.78, 5) is 37.6. The number of likely N-dealkylation sites (tertiary alicyclic amines) is 1. The summed E-state index contributed by atoms with van der Waals surface area (Å²) >= 11 is 0. The minimum atomic E-state index is -0.684. The van der Waals surface area contributed by atoms with Gasteiger partial charge in [-0.15, -0.1) is 0 Å². The molecule has 0 aliphatic carbocycles. The Labute approximate surface area is 164 Å². The zero-order valence-corrected chi connectivity index (χ0v) is 15.8. The van der Waals surface area contributed by atoms with Crippen LogP contribution in [0.25, 0.3) is 0 Å². The highest BCUT2D eigenvalue weighted by molar-refractivity contribution is 5.84. The van der Waals surface area contributed by atoms with Gasteiger partial charge in [-0.3, -0.25) is 14.4 Å². The van der Waals surface area contributed by atoms with Crippen LogP contribution in [0, 0.1) is 0 Å². The van der Waals surface area contributed by atoms with Gasteiger partial charge in [0.15, 0.2) is 6.10 Å². The summed E-state index contributed by atoms with van der Waals surface area (Å²) in [6, 6.07) is 17.7. The van der Waals surface area contributed by atoms with Crippen molar-refractivity contribution in [3.05, 3.63) is 71.8 Å². The van der Waals surface area contributed by atoms with Crippen LogP contribution in [-0.4, -0.2) is 35.8 Å². The summed E-state index contributed by atoms with van der Waals surface area (Å²) in [5.74, 6) is -0.675. The molecular weight excluding hydrogens is 356 g/mol. The molecule has 1 aliphatic rings. The van der Waals surface area contributed by atoms with Crippen molar-refractivity contribution in [2.75, 3.05) is 6.54 Å². The molecule has 1 saturated heterocycles. The fourth-order valence-corrected chi connectivity index (χ4v) is 3.59. The summed E-state index contributed by atoms with van der Waals surface area (Å²) in [7, 11) is 0. The predicted molar refractivity (Wildman–Crippen MR) is 104 cm³/mol. The van der Waals surface area contributed by atoms with Crippen LogP contribution in [-0.2, 0) is 19.1 Å². The van der Waals surface area contributed by atoms with Crippen LogP contribution < -0.4 is 5.32 Å². The maximum atomic E-state index is 13.0. The number of amides is 2. The van der Waals surface area contributed by atoms with E-state index in [2.05, 4.69) is 5.32 Å². The fourth-order valence-electron chi connectivity index (χ4n) is 3.59. The van der Waals surface area contributed by atoms with Crippen molar-refractivity contribution in [3.63, 3.8) is 0 Å². The van der Waals surface area contributed by atoms with E-state index in [4.69, 9.17) is 4.74 Å². The molecule has 0 unspecified atom stereocenters. The molecular formula is C22H24N2O4. The molecule has 0 aromatic heterocycles. The number of nitrogens with zero attached hydrogens (tertiary/aromatic N) is 1. The molecule has 2 aromatic rings. The number of rotatable bonds is 7. The van der Waals surface area contributed by atoms with Gasteiger partial charge in [-0.25, -0.2) is 0 Å². The van der Waals surface area contributed by atoms with Crippen molar-refractivity contribution >= 4 is 18.3 Å². The quantitative estimate of drug-likeness (QED) is 0.592. The number of esters is 1. The third-order valence-electron chi connectivity index (χ3n) is 4.91. The highest BCUT2D eigenvalue weighted by Crippen LogP contribution is 2.33. The molecule has 0 radical (unpaired) electrons. The van der Waals surface area contributed by atoms with Crippen LogP contribution in [0.1, 0.15) is 43.0 Å². The lowest BCUT2D eigenvalue weighted by Crippen LogP contribution is -2.45. The smallest absolute Gasteiger partial charge is 0.303 e. The maximum absolute atomic E-state index is 13.0. The summed E-state index contributed by atoms with van der Waals surface area (Å²) in [6.45, 7) is 1.93. The topological polar surface area (TPSA) is 75.7 Å². The molecule has 0 bridgehead atoms. The molecule has 1 aliphatic heterocycles. The molecule has 1 heterocycles. The van der Waals surface area contributed by atoms with Gasteiger partial charge < -0.3 is 15.0 Å². The van der Waals surface area contributed by atoms with E-state index in [1.165, 1.54) is 11.8 Å². The lowest BCUT2D eigenvalue weighted by atomic mass is 9.95. The van der Waals surface area contributed by atoms with E-state index in [0.717, 1.165) is 24.0 Å². The van der Waals surface area contributed by atoms with Gasteiger partial charge in [-0.1, -0.05) is 60.7 Å². The van der Waals surface area contributed by atoms with E-state index in [-0.39, 0.29) is 5.91 Å². The third kappa shape index (κ3) is 4.57. The number of carbonyl (C=O) groups excluding carboxylic acids is 3. The summed E-state index contributed by atoms with van der Waals surface area (Å²) in [5.41, 5.74) is 1.60. The first-order valence-corrected chi connectivity index (χ1v) is 9.38. The Morgan fingerprint density at radius 1 is 1.07 bits per heavy atom. The van der Waals surface area contributed by atoms with E-state index in [9.17, 15) is 14.4 Å². The number of hydrogen-bond acceptors (Lipinski definition) is 4. The summed E-state index contributed by atoms with van der Waals surface area (Å²) in [5, 5.41) is 3.03. The average Bonchev–Trinajstić information content (AvgIpc) is 3.20. The van der Waals surface area contributed by atoms with Crippen LogP contribution in [0.3, 0.4) is 0 Å². The Bertz CT molecular complexity index is 810. The Morgan fingerprint density at radius 2 is 1.68 bits per heavy atom. The van der Waals surface area contributed by atoms with E-state index in [1.807, 2.05) is 60.7 Å². The van der Waals surface area contributed by atoms with Crippen LogP contribution in [0.15, 0.2) is 60.7 Å². The molecule has 0 saturated carbocycles. The van der Waals surface area contributed by atoms with Crippen LogP contribution in [0.2, 0.25) is 0 Å². The van der Waals surface area contributed by atoms with Gasteiger partial charge in [0.05, 0.1) is 6.04 Å². The highest BCUT2D eigenvalue weighted by atomic mass is 16.5. The minimum Gasteiger partial charge on any atom is -0.455 e. The van der Waals surface area contributed by atoms with Crippen LogP contribution in [0.4, 0.5) is 0 Å². The number of carbonyl (C=O) groups is 3. The van der Waals surface area contributed by atoms with E-state index in [0.29, 0.717) is 13.0 Å². The Hall–Kier alpha value is -3.15. The van der Waals surface area contributed by atoms with E-state index in [1.54, 1.807) is 0 Å². The van der Waals surface area contributed by atoms with Crippen LogP contribution in [0.5, 0.6) is 0 Å². The second-order valence-corrected chi connectivity index (χ2v) is 6.84. The van der Waals surface area contributed by atoms with Gasteiger partial charge in [0, 0.05) is 13.5 Å². The molecule has 3 atom stereocenters. The zero-order chi connectivity index (χ0) is 19.9. The van der Waals surface area contributed by atoms with Gasteiger partial charge in [0.1, 0.15) is 6.04 Å². The van der Waals surface area contributed by atoms with Crippen molar-refractivity contribution < 1.29 is 19.1 Å². The first-order valence-electron chi connectivity index (χ1n) is 9.38. The highest BCUT2D eigenvalue weighted by Gasteiger charge is 2.34. The molecule has 1 fully saturated rings. The van der Waals surface area contributed by atoms with Gasteiger partial charge >= 0.3 is 5.97 Å². The Morgan fingerprint density at radius 3 is 2.25 bits per heavy atom. The zero-order valence-electron chi connectivity index (χ0n) is 15.8. The first kappa shape index (κ1) is 19.6. The normalized spacial score (nSPS) is 18.2. The van der Waals surface area contributed by atoms with Gasteiger partial charge in [-0.2, -0.15) is 0 Å². The summed E-state index contributed by atoms with van der Waals surface area (Å²) in [6.07, 6.45) is 1.44. The van der Waals surface area contributed by atoms with Crippen molar-refractivity contribution in [2.24, 2.45) is 0 Å². The second kappa shape index (κ2) is 9.17. The number of benzene rings is 2.